The van der Waals surface area contributed by atoms with Gasteiger partial charge in [0.25, 0.3) is 0 Å². The minimum Gasteiger partial charge on any atom is -0.337 e. The fraction of sp³-hybridized carbons (Fsp3) is 0.111. The molecule has 3 aromatic heterocycles. The second kappa shape index (κ2) is 6.64. The summed E-state index contributed by atoms with van der Waals surface area (Å²) in [5, 5.41) is 7.59. The van der Waals surface area contributed by atoms with Crippen LogP contribution in [0.1, 0.15) is 0 Å². The van der Waals surface area contributed by atoms with Crippen LogP contribution in [-0.4, -0.2) is 37.1 Å². The van der Waals surface area contributed by atoms with Crippen LogP contribution in [0, 0.1) is 0 Å². The quantitative estimate of drug-likeness (QED) is 0.430. The fourth-order valence-electron chi connectivity index (χ4n) is 2.80. The number of aryl methyl sites for hydroxylation is 1. The van der Waals surface area contributed by atoms with Crippen molar-refractivity contribution >= 4 is 41.3 Å². The molecule has 26 heavy (non-hydrogen) atoms. The summed E-state index contributed by atoms with van der Waals surface area (Å²) < 4.78 is 3.77. The van der Waals surface area contributed by atoms with Crippen LogP contribution in [0.4, 0.5) is 17.2 Å². The van der Waals surface area contributed by atoms with E-state index in [1.54, 1.807) is 22.6 Å². The molecular weight excluding hydrogens is 346 g/mol. The summed E-state index contributed by atoms with van der Waals surface area (Å²) in [7, 11) is 1.90. The second-order valence-corrected chi connectivity index (χ2v) is 6.53. The van der Waals surface area contributed by atoms with Crippen molar-refractivity contribution in [1.82, 2.24) is 24.1 Å². The number of rotatable bonds is 5. The van der Waals surface area contributed by atoms with Gasteiger partial charge < -0.3 is 5.32 Å². The fourth-order valence-corrected chi connectivity index (χ4v) is 3.38. The van der Waals surface area contributed by atoms with Crippen LogP contribution in [0.25, 0.3) is 16.9 Å². The van der Waals surface area contributed by atoms with Gasteiger partial charge in [-0.2, -0.15) is 5.10 Å². The highest BCUT2D eigenvalue weighted by Crippen LogP contribution is 2.32. The van der Waals surface area contributed by atoms with Gasteiger partial charge in [-0.25, -0.2) is 9.97 Å². The van der Waals surface area contributed by atoms with Crippen molar-refractivity contribution in [3.05, 3.63) is 49.2 Å². The Morgan fingerprint density at radius 2 is 2.12 bits per heavy atom. The van der Waals surface area contributed by atoms with E-state index >= 15 is 0 Å². The molecule has 4 rings (SSSR count). The van der Waals surface area contributed by atoms with Crippen LogP contribution in [0.3, 0.4) is 0 Å². The number of aliphatic imine (C=N–C) groups is 1. The predicted octanol–water partition coefficient (Wildman–Crippen LogP) is 3.93. The largest absolute Gasteiger partial charge is 0.337 e. The van der Waals surface area contributed by atoms with Crippen LogP contribution >= 0.6 is 11.8 Å². The smallest absolute Gasteiger partial charge is 0.180 e. The molecule has 1 aromatic carbocycles. The molecule has 0 radical (unpaired) electrons. The van der Waals surface area contributed by atoms with Crippen LogP contribution in [0.5, 0.6) is 0 Å². The number of nitrogens with one attached hydrogen (secondary N) is 1. The van der Waals surface area contributed by atoms with E-state index in [9.17, 15) is 0 Å². The van der Waals surface area contributed by atoms with Crippen molar-refractivity contribution in [3.8, 4) is 11.3 Å². The van der Waals surface area contributed by atoms with Gasteiger partial charge in [0.15, 0.2) is 11.5 Å². The van der Waals surface area contributed by atoms with Crippen molar-refractivity contribution in [2.45, 2.75) is 4.90 Å². The Bertz CT molecular complexity index is 1100. The topological polar surface area (TPSA) is 72.4 Å². The third kappa shape index (κ3) is 2.84. The molecule has 8 heteroatoms. The van der Waals surface area contributed by atoms with Gasteiger partial charge in [0, 0.05) is 41.8 Å². The highest BCUT2D eigenvalue weighted by Gasteiger charge is 2.12. The van der Waals surface area contributed by atoms with Gasteiger partial charge in [0.05, 0.1) is 23.8 Å². The molecule has 0 spiro atoms. The van der Waals surface area contributed by atoms with E-state index in [1.165, 1.54) is 0 Å². The Morgan fingerprint density at radius 1 is 1.23 bits per heavy atom. The van der Waals surface area contributed by atoms with E-state index in [1.807, 2.05) is 60.7 Å². The van der Waals surface area contributed by atoms with Crippen molar-refractivity contribution in [2.24, 2.45) is 12.0 Å². The minimum atomic E-state index is 0.689. The standard InChI is InChI=1S/C18H17N7S/c1-19-14-5-4-13(8-16(14)26-3)23-17-18-21-10-15(25(18)7-6-20-17)12-9-22-24(2)11-12/h4-11H,1H2,2-3H3,(H,20,23). The first-order chi connectivity index (χ1) is 12.7. The molecule has 0 amide bonds. The number of hydrogen-bond acceptors (Lipinski definition) is 6. The number of benzene rings is 1. The highest BCUT2D eigenvalue weighted by atomic mass is 32.2. The summed E-state index contributed by atoms with van der Waals surface area (Å²) in [5.41, 5.74) is 4.52. The molecule has 0 aliphatic rings. The molecule has 3 heterocycles. The van der Waals surface area contributed by atoms with Gasteiger partial charge in [-0.3, -0.25) is 14.1 Å². The van der Waals surface area contributed by atoms with Crippen molar-refractivity contribution in [1.29, 1.82) is 0 Å². The monoisotopic (exact) mass is 363 g/mol. The summed E-state index contributed by atoms with van der Waals surface area (Å²) in [6, 6.07) is 5.93. The van der Waals surface area contributed by atoms with E-state index < -0.39 is 0 Å². The molecular formula is C18H17N7S. The van der Waals surface area contributed by atoms with Gasteiger partial charge in [0.2, 0.25) is 0 Å². The lowest BCUT2D eigenvalue weighted by Gasteiger charge is -2.10. The summed E-state index contributed by atoms with van der Waals surface area (Å²) in [6.45, 7) is 3.61. The maximum Gasteiger partial charge on any atom is 0.180 e. The number of thioether (sulfide) groups is 1. The Labute approximate surface area is 154 Å². The summed E-state index contributed by atoms with van der Waals surface area (Å²) in [5.74, 6) is 0.689. The zero-order valence-corrected chi connectivity index (χ0v) is 15.2. The summed E-state index contributed by atoms with van der Waals surface area (Å²) in [6.07, 6.45) is 11.3. The van der Waals surface area contributed by atoms with Crippen molar-refractivity contribution in [2.75, 3.05) is 11.6 Å². The first kappa shape index (κ1) is 16.3. The van der Waals surface area contributed by atoms with Gasteiger partial charge in [-0.1, -0.05) is 0 Å². The normalized spacial score (nSPS) is 11.0. The predicted molar refractivity (Wildman–Crippen MR) is 106 cm³/mol. The average Bonchev–Trinajstić information content (AvgIpc) is 3.28. The Kier molecular flexibility index (Phi) is 4.18. The van der Waals surface area contributed by atoms with Gasteiger partial charge >= 0.3 is 0 Å². The highest BCUT2D eigenvalue weighted by molar-refractivity contribution is 7.98. The molecule has 4 aromatic rings. The molecule has 0 aliphatic heterocycles. The van der Waals surface area contributed by atoms with E-state index in [0.29, 0.717) is 5.82 Å². The van der Waals surface area contributed by atoms with Crippen LogP contribution in [0.2, 0.25) is 0 Å². The number of hydrogen-bond donors (Lipinski definition) is 1. The molecule has 7 nitrogen and oxygen atoms in total. The van der Waals surface area contributed by atoms with Crippen LogP contribution in [0.15, 0.2) is 59.1 Å². The van der Waals surface area contributed by atoms with Crippen LogP contribution < -0.4 is 5.32 Å². The maximum absolute atomic E-state index is 4.54. The Morgan fingerprint density at radius 3 is 2.85 bits per heavy atom. The number of nitrogens with zero attached hydrogens (tertiary/aromatic N) is 6. The molecule has 0 atom stereocenters. The average molecular weight is 363 g/mol. The maximum atomic E-state index is 4.54. The first-order valence-corrected chi connectivity index (χ1v) is 9.15. The van der Waals surface area contributed by atoms with Crippen molar-refractivity contribution < 1.29 is 0 Å². The third-order valence-corrected chi connectivity index (χ3v) is 4.81. The molecule has 0 saturated heterocycles. The molecule has 0 aliphatic carbocycles. The molecule has 130 valence electrons. The number of imidazole rings is 1. The van der Waals surface area contributed by atoms with E-state index in [0.717, 1.165) is 33.2 Å². The molecule has 0 saturated carbocycles. The minimum absolute atomic E-state index is 0.689. The van der Waals surface area contributed by atoms with Crippen molar-refractivity contribution in [3.63, 3.8) is 0 Å². The molecule has 0 fully saturated rings. The Balaban J connectivity index is 1.74. The summed E-state index contributed by atoms with van der Waals surface area (Å²) >= 11 is 1.63. The number of aromatic nitrogens is 5. The van der Waals surface area contributed by atoms with Crippen LogP contribution in [-0.2, 0) is 7.05 Å². The van der Waals surface area contributed by atoms with E-state index in [-0.39, 0.29) is 0 Å². The second-order valence-electron chi connectivity index (χ2n) is 5.69. The van der Waals surface area contributed by atoms with E-state index in [4.69, 9.17) is 0 Å². The van der Waals surface area contributed by atoms with E-state index in [2.05, 4.69) is 32.1 Å². The zero-order chi connectivity index (χ0) is 18.1. The lowest BCUT2D eigenvalue weighted by Crippen LogP contribution is -1.98. The number of fused-ring (bicyclic) bond motifs is 1. The lowest BCUT2D eigenvalue weighted by molar-refractivity contribution is 0.768. The molecule has 0 bridgehead atoms. The van der Waals surface area contributed by atoms with Gasteiger partial charge in [-0.05, 0) is 31.2 Å². The third-order valence-electron chi connectivity index (χ3n) is 4.04. The number of anilines is 2. The zero-order valence-electron chi connectivity index (χ0n) is 14.4. The SMILES string of the molecule is C=Nc1ccc(Nc2nccn3c(-c4cnn(C)c4)cnc23)cc1SC. The van der Waals surface area contributed by atoms with Gasteiger partial charge in [0.1, 0.15) is 0 Å². The lowest BCUT2D eigenvalue weighted by atomic mass is 10.3. The molecule has 0 unspecified atom stereocenters. The molecule has 1 N–H and O–H groups in total. The first-order valence-electron chi connectivity index (χ1n) is 7.92. The summed E-state index contributed by atoms with van der Waals surface area (Å²) in [4.78, 5) is 14.1. The van der Waals surface area contributed by atoms with Gasteiger partial charge in [-0.15, -0.1) is 11.8 Å². The Hall–Kier alpha value is -3.13.